The van der Waals surface area contributed by atoms with Gasteiger partial charge in [-0.1, -0.05) is 146 Å². The van der Waals surface area contributed by atoms with Gasteiger partial charge in [-0.3, -0.25) is 0 Å². The number of benzene rings is 6. The van der Waals surface area contributed by atoms with Gasteiger partial charge in [0.05, 0.1) is 17.9 Å². The summed E-state index contributed by atoms with van der Waals surface area (Å²) in [6, 6.07) is 52.8. The molecule has 1 aliphatic carbocycles. The molecule has 6 aromatic carbocycles. The van der Waals surface area contributed by atoms with Crippen molar-refractivity contribution in [3.8, 4) is 28.3 Å². The van der Waals surface area contributed by atoms with Crippen molar-refractivity contribution in [2.24, 2.45) is 0 Å². The van der Waals surface area contributed by atoms with Crippen LogP contribution in [0.5, 0.6) is 0 Å². The molecular formula is C41H29N. The molecule has 1 nitrogen and oxygen atoms in total. The molecule has 0 bridgehead atoms. The third-order valence-corrected chi connectivity index (χ3v) is 8.54. The Labute approximate surface area is 247 Å². The number of fused-ring (bicyclic) bond motifs is 5. The Hall–Kier alpha value is -5.45. The molecule has 198 valence electrons. The minimum absolute atomic E-state index is 0.371. The summed E-state index contributed by atoms with van der Waals surface area (Å²) in [6.07, 6.45) is 4.18. The third-order valence-electron chi connectivity index (χ3n) is 8.54. The fourth-order valence-corrected chi connectivity index (χ4v) is 6.77. The van der Waals surface area contributed by atoms with Gasteiger partial charge < -0.3 is 0 Å². The molecule has 7 rings (SSSR count). The zero-order valence-corrected chi connectivity index (χ0v) is 23.3. The lowest BCUT2D eigenvalue weighted by molar-refractivity contribution is 0.769. The van der Waals surface area contributed by atoms with Crippen LogP contribution in [0, 0.1) is 11.3 Å². The highest BCUT2D eigenvalue weighted by Crippen LogP contribution is 2.58. The quantitative estimate of drug-likeness (QED) is 0.194. The van der Waals surface area contributed by atoms with Crippen LogP contribution >= 0.6 is 0 Å². The smallest absolute Gasteiger partial charge is 0.0714 e. The van der Waals surface area contributed by atoms with Crippen LogP contribution in [0.15, 0.2) is 158 Å². The lowest BCUT2D eigenvalue weighted by Gasteiger charge is -2.34. The Balaban J connectivity index is 1.57. The number of rotatable bonds is 6. The van der Waals surface area contributed by atoms with E-state index in [0.717, 1.165) is 16.7 Å². The second-order valence-electron chi connectivity index (χ2n) is 10.8. The molecule has 0 aliphatic heterocycles. The zero-order chi connectivity index (χ0) is 28.5. The van der Waals surface area contributed by atoms with Gasteiger partial charge in [0.15, 0.2) is 0 Å². The summed E-state index contributed by atoms with van der Waals surface area (Å²) in [4.78, 5) is 0. The van der Waals surface area contributed by atoms with Crippen LogP contribution in [0.3, 0.4) is 0 Å². The van der Waals surface area contributed by atoms with Crippen molar-refractivity contribution in [3.05, 3.63) is 186 Å². The average Bonchev–Trinajstić information content (AvgIpc) is 3.36. The fourth-order valence-electron chi connectivity index (χ4n) is 6.77. The maximum atomic E-state index is 8.96. The van der Waals surface area contributed by atoms with E-state index in [9.17, 15) is 0 Å². The Morgan fingerprint density at radius 3 is 2.00 bits per heavy atom. The molecule has 0 amide bonds. The van der Waals surface area contributed by atoms with Gasteiger partial charge in [-0.2, -0.15) is 5.26 Å². The molecular weight excluding hydrogens is 506 g/mol. The first-order chi connectivity index (χ1) is 20.7. The lowest BCUT2D eigenvalue weighted by atomic mass is 9.67. The van der Waals surface area contributed by atoms with Gasteiger partial charge in [-0.05, 0) is 78.5 Å². The second-order valence-corrected chi connectivity index (χ2v) is 10.8. The fraction of sp³-hybridized carbons (Fsp3) is 0.0488. The molecule has 1 aliphatic rings. The summed E-state index contributed by atoms with van der Waals surface area (Å²) < 4.78 is 0. The van der Waals surface area contributed by atoms with E-state index in [0.29, 0.717) is 6.42 Å². The van der Waals surface area contributed by atoms with Gasteiger partial charge >= 0.3 is 0 Å². The van der Waals surface area contributed by atoms with E-state index in [2.05, 4.69) is 152 Å². The molecule has 0 saturated carbocycles. The monoisotopic (exact) mass is 535 g/mol. The Bertz CT molecular complexity index is 1980. The van der Waals surface area contributed by atoms with Crippen LogP contribution in [0.2, 0.25) is 0 Å². The van der Waals surface area contributed by atoms with Crippen molar-refractivity contribution in [2.75, 3.05) is 0 Å². The molecule has 0 N–H and O–H groups in total. The van der Waals surface area contributed by atoms with Gasteiger partial charge in [-0.25, -0.2) is 0 Å². The topological polar surface area (TPSA) is 23.8 Å². The highest BCUT2D eigenvalue weighted by molar-refractivity contribution is 6.10. The standard InChI is InChI=1S/C41H29N/c1-29(15-12-13-26-42)30-16-14-17-31(27-30)37-28-39-40(35-23-9-8-22-34(35)37)36-24-10-11-25-38(36)41(39,32-18-4-2-5-19-32)33-20-6-3-7-21-33/h2-12,14-25,27-28H,1,13H2/b15-12-. The van der Waals surface area contributed by atoms with Crippen molar-refractivity contribution < 1.29 is 0 Å². The minimum Gasteiger partial charge on any atom is -0.198 e. The van der Waals surface area contributed by atoms with Gasteiger partial charge in [0.1, 0.15) is 0 Å². The largest absolute Gasteiger partial charge is 0.198 e. The molecule has 0 aromatic heterocycles. The number of hydrogen-bond acceptors (Lipinski definition) is 1. The zero-order valence-electron chi connectivity index (χ0n) is 23.3. The molecule has 0 spiro atoms. The molecule has 0 atom stereocenters. The number of hydrogen-bond donors (Lipinski definition) is 0. The van der Waals surface area contributed by atoms with Crippen molar-refractivity contribution in [1.82, 2.24) is 0 Å². The van der Waals surface area contributed by atoms with E-state index in [1.54, 1.807) is 0 Å². The van der Waals surface area contributed by atoms with E-state index >= 15 is 0 Å². The first-order valence-electron chi connectivity index (χ1n) is 14.3. The summed E-state index contributed by atoms with van der Waals surface area (Å²) in [7, 11) is 0. The normalized spacial score (nSPS) is 13.0. The highest BCUT2D eigenvalue weighted by Gasteiger charge is 2.46. The molecule has 0 heterocycles. The third kappa shape index (κ3) is 3.92. The Morgan fingerprint density at radius 2 is 1.29 bits per heavy atom. The van der Waals surface area contributed by atoms with Gasteiger partial charge in [0.2, 0.25) is 0 Å². The van der Waals surface area contributed by atoms with E-state index in [1.165, 1.54) is 49.7 Å². The second kappa shape index (κ2) is 10.5. The Kier molecular flexibility index (Phi) is 6.38. The number of allylic oxidation sites excluding steroid dienone is 3. The lowest BCUT2D eigenvalue weighted by Crippen LogP contribution is -2.28. The highest BCUT2D eigenvalue weighted by atomic mass is 14.5. The van der Waals surface area contributed by atoms with E-state index in [4.69, 9.17) is 5.26 Å². The van der Waals surface area contributed by atoms with E-state index in [1.807, 2.05) is 12.2 Å². The molecule has 6 aromatic rings. The molecule has 0 saturated heterocycles. The predicted octanol–water partition coefficient (Wildman–Crippen LogP) is 10.4. The molecule has 42 heavy (non-hydrogen) atoms. The predicted molar refractivity (Wildman–Crippen MR) is 175 cm³/mol. The first-order valence-corrected chi connectivity index (χ1v) is 14.3. The Morgan fingerprint density at radius 1 is 0.643 bits per heavy atom. The van der Waals surface area contributed by atoms with Crippen LogP contribution in [-0.4, -0.2) is 0 Å². The van der Waals surface area contributed by atoms with E-state index in [-0.39, 0.29) is 0 Å². The van der Waals surface area contributed by atoms with Gasteiger partial charge in [0, 0.05) is 0 Å². The molecule has 0 fully saturated rings. The summed E-state index contributed by atoms with van der Waals surface area (Å²) in [5.41, 5.74) is 11.5. The average molecular weight is 536 g/mol. The summed E-state index contributed by atoms with van der Waals surface area (Å²) >= 11 is 0. The maximum Gasteiger partial charge on any atom is 0.0714 e. The minimum atomic E-state index is -0.464. The summed E-state index contributed by atoms with van der Waals surface area (Å²) in [6.45, 7) is 4.28. The van der Waals surface area contributed by atoms with Crippen LogP contribution in [0.1, 0.15) is 34.2 Å². The maximum absolute atomic E-state index is 8.96. The summed E-state index contributed by atoms with van der Waals surface area (Å²) in [5.74, 6) is 0. The molecule has 0 unspecified atom stereocenters. The van der Waals surface area contributed by atoms with Crippen LogP contribution < -0.4 is 0 Å². The number of nitrogens with zero attached hydrogens (tertiary/aromatic N) is 1. The van der Waals surface area contributed by atoms with Crippen molar-refractivity contribution >= 4 is 16.3 Å². The van der Waals surface area contributed by atoms with Crippen LogP contribution in [-0.2, 0) is 5.41 Å². The van der Waals surface area contributed by atoms with Crippen LogP contribution in [0.25, 0.3) is 38.6 Å². The van der Waals surface area contributed by atoms with E-state index < -0.39 is 5.41 Å². The number of nitriles is 1. The SMILES string of the molecule is C=C(/C=C\CC#N)c1cccc(-c2cc3c(c4ccccc24)-c2ccccc2C3(c2ccccc2)c2ccccc2)c1. The first kappa shape index (κ1) is 25.5. The van der Waals surface area contributed by atoms with Gasteiger partial charge in [0.25, 0.3) is 0 Å². The van der Waals surface area contributed by atoms with Crippen molar-refractivity contribution in [2.45, 2.75) is 11.8 Å². The molecule has 1 heteroatoms. The van der Waals surface area contributed by atoms with Crippen LogP contribution in [0.4, 0.5) is 0 Å². The summed E-state index contributed by atoms with van der Waals surface area (Å²) in [5, 5.41) is 11.4. The van der Waals surface area contributed by atoms with Crippen molar-refractivity contribution in [1.29, 1.82) is 5.26 Å². The molecule has 0 radical (unpaired) electrons. The van der Waals surface area contributed by atoms with Gasteiger partial charge in [-0.15, -0.1) is 0 Å². The van der Waals surface area contributed by atoms with Crippen molar-refractivity contribution in [3.63, 3.8) is 0 Å².